The minimum Gasteiger partial charge on any atom is -0.356 e. The summed E-state index contributed by atoms with van der Waals surface area (Å²) >= 11 is 0. The second kappa shape index (κ2) is 6.35. The quantitative estimate of drug-likeness (QED) is 0.540. The minimum absolute atomic E-state index is 0.0661. The van der Waals surface area contributed by atoms with Gasteiger partial charge in [0, 0.05) is 12.1 Å². The monoisotopic (exact) mass is 312 g/mol. The number of carbonyl (C=O) groups is 2. The molecule has 0 aliphatic heterocycles. The average molecular weight is 312 g/mol. The molecule has 0 saturated heterocycles. The van der Waals surface area contributed by atoms with Gasteiger partial charge in [-0.15, -0.1) is 0 Å². The van der Waals surface area contributed by atoms with Crippen LogP contribution < -0.4 is 0 Å². The number of benzene rings is 1. The Morgan fingerprint density at radius 3 is 2.52 bits per heavy atom. The van der Waals surface area contributed by atoms with Gasteiger partial charge in [0.15, 0.2) is 11.6 Å². The third-order valence-corrected chi connectivity index (χ3v) is 3.35. The number of halogens is 1. The van der Waals surface area contributed by atoms with E-state index in [4.69, 9.17) is 0 Å². The first-order valence-electron chi connectivity index (χ1n) is 6.96. The van der Waals surface area contributed by atoms with Gasteiger partial charge in [-0.3, -0.25) is 14.7 Å². The molecule has 0 spiro atoms. The van der Waals surface area contributed by atoms with Crippen molar-refractivity contribution in [2.45, 2.75) is 12.8 Å². The summed E-state index contributed by atoms with van der Waals surface area (Å²) in [5.74, 6) is -0.961. The highest BCUT2D eigenvalue weighted by molar-refractivity contribution is 6.11. The van der Waals surface area contributed by atoms with Crippen molar-refractivity contribution in [2.24, 2.45) is 0 Å². The Morgan fingerprint density at radius 2 is 1.83 bits per heavy atom. The summed E-state index contributed by atoms with van der Waals surface area (Å²) in [7, 11) is 0. The van der Waals surface area contributed by atoms with Crippen molar-refractivity contribution in [1.29, 1.82) is 0 Å². The van der Waals surface area contributed by atoms with Gasteiger partial charge in [-0.25, -0.2) is 9.37 Å². The fourth-order valence-electron chi connectivity index (χ4n) is 2.19. The van der Waals surface area contributed by atoms with Gasteiger partial charge in [0.1, 0.15) is 12.1 Å². The summed E-state index contributed by atoms with van der Waals surface area (Å²) in [5.41, 5.74) is 2.09. The lowest BCUT2D eigenvalue weighted by molar-refractivity contribution is 0.0886. The normalized spacial score (nSPS) is 10.7. The van der Waals surface area contributed by atoms with Crippen molar-refractivity contribution in [3.8, 4) is 0 Å². The number of ketones is 2. The van der Waals surface area contributed by atoms with Crippen molar-refractivity contribution in [3.05, 3.63) is 71.3 Å². The minimum atomic E-state index is -0.415. The van der Waals surface area contributed by atoms with Crippen LogP contribution in [-0.4, -0.2) is 31.7 Å². The van der Waals surface area contributed by atoms with Gasteiger partial charge in [-0.05, 0) is 29.8 Å². The molecular formula is C16H13FN4O2. The van der Waals surface area contributed by atoms with E-state index in [1.807, 2.05) is 0 Å². The number of aromatic amines is 2. The Balaban J connectivity index is 1.65. The number of carbonyl (C=O) groups excluding carboxylic acids is 2. The molecule has 3 aromatic rings. The van der Waals surface area contributed by atoms with Crippen LogP contribution in [0.5, 0.6) is 0 Å². The number of hydrogen-bond donors (Lipinski definition) is 2. The molecule has 2 aromatic heterocycles. The molecule has 2 N–H and O–H groups in total. The first-order valence-corrected chi connectivity index (χ1v) is 6.96. The first kappa shape index (κ1) is 14.8. The van der Waals surface area contributed by atoms with Crippen LogP contribution in [0, 0.1) is 5.82 Å². The molecule has 0 saturated carbocycles. The Morgan fingerprint density at radius 1 is 1.04 bits per heavy atom. The number of nitrogens with zero attached hydrogens (tertiary/aromatic N) is 2. The van der Waals surface area contributed by atoms with Crippen molar-refractivity contribution < 1.29 is 14.0 Å². The topological polar surface area (TPSA) is 91.5 Å². The largest absolute Gasteiger partial charge is 0.356 e. The number of hydrogen-bond acceptors (Lipinski definition) is 4. The number of nitrogens with one attached hydrogen (secondary N) is 2. The van der Waals surface area contributed by atoms with Crippen LogP contribution in [-0.2, 0) is 6.42 Å². The maximum atomic E-state index is 12.9. The zero-order valence-corrected chi connectivity index (χ0v) is 12.0. The van der Waals surface area contributed by atoms with E-state index in [-0.39, 0.29) is 23.8 Å². The Kier molecular flexibility index (Phi) is 4.09. The standard InChI is InChI=1S/C16H13FN4O2/c17-11-3-1-10(2-4-11)7-12-5-6-13(20-12)14(22)8-15(23)16-18-9-19-21-16/h1-6,9,20H,7-8H2,(H,18,19,21). The van der Waals surface area contributed by atoms with Crippen LogP contribution in [0.4, 0.5) is 4.39 Å². The molecule has 116 valence electrons. The van der Waals surface area contributed by atoms with E-state index in [9.17, 15) is 14.0 Å². The summed E-state index contributed by atoms with van der Waals surface area (Å²) in [5, 5.41) is 6.01. The van der Waals surface area contributed by atoms with E-state index in [0.29, 0.717) is 12.1 Å². The molecule has 0 bridgehead atoms. The third kappa shape index (κ3) is 3.57. The van der Waals surface area contributed by atoms with Crippen LogP contribution in [0.15, 0.2) is 42.7 Å². The summed E-state index contributed by atoms with van der Waals surface area (Å²) in [6.07, 6.45) is 1.47. The predicted octanol–water partition coefficient (Wildman–Crippen LogP) is 2.32. The molecule has 0 aliphatic carbocycles. The van der Waals surface area contributed by atoms with Gasteiger partial charge in [0.05, 0.1) is 12.1 Å². The highest BCUT2D eigenvalue weighted by atomic mass is 19.1. The van der Waals surface area contributed by atoms with Gasteiger partial charge in [0.2, 0.25) is 5.78 Å². The van der Waals surface area contributed by atoms with Crippen molar-refractivity contribution >= 4 is 11.6 Å². The van der Waals surface area contributed by atoms with E-state index < -0.39 is 5.78 Å². The average Bonchev–Trinajstić information content (AvgIpc) is 3.21. The number of aromatic nitrogens is 4. The van der Waals surface area contributed by atoms with Crippen LogP contribution in [0.2, 0.25) is 0 Å². The SMILES string of the molecule is O=C(CC(=O)c1ncn[nH]1)c1ccc(Cc2ccc(F)cc2)[nH]1. The highest BCUT2D eigenvalue weighted by Gasteiger charge is 2.17. The van der Waals surface area contributed by atoms with E-state index in [2.05, 4.69) is 20.2 Å². The van der Waals surface area contributed by atoms with Gasteiger partial charge in [-0.2, -0.15) is 5.10 Å². The van der Waals surface area contributed by atoms with Crippen LogP contribution in [0.25, 0.3) is 0 Å². The Labute approximate surface area is 130 Å². The molecule has 0 radical (unpaired) electrons. The second-order valence-corrected chi connectivity index (χ2v) is 5.06. The third-order valence-electron chi connectivity index (χ3n) is 3.35. The molecule has 0 aliphatic rings. The second-order valence-electron chi connectivity index (χ2n) is 5.06. The number of Topliss-reactive ketones (excluding diaryl/α,β-unsaturated/α-hetero) is 2. The molecule has 0 fully saturated rings. The molecule has 2 heterocycles. The van der Waals surface area contributed by atoms with E-state index in [1.165, 1.54) is 18.5 Å². The van der Waals surface area contributed by atoms with Crippen LogP contribution in [0.1, 0.15) is 38.8 Å². The predicted molar refractivity (Wildman–Crippen MR) is 79.7 cm³/mol. The lowest BCUT2D eigenvalue weighted by atomic mass is 10.1. The van der Waals surface area contributed by atoms with E-state index >= 15 is 0 Å². The highest BCUT2D eigenvalue weighted by Crippen LogP contribution is 2.12. The van der Waals surface area contributed by atoms with Crippen LogP contribution in [0.3, 0.4) is 0 Å². The molecule has 0 atom stereocenters. The molecule has 0 amide bonds. The molecular weight excluding hydrogens is 299 g/mol. The maximum absolute atomic E-state index is 12.9. The fraction of sp³-hybridized carbons (Fsp3) is 0.125. The Bertz CT molecular complexity index is 822. The van der Waals surface area contributed by atoms with Gasteiger partial charge in [-0.1, -0.05) is 12.1 Å². The summed E-state index contributed by atoms with van der Waals surface area (Å²) in [6.45, 7) is 0. The summed E-state index contributed by atoms with van der Waals surface area (Å²) < 4.78 is 12.9. The molecule has 0 unspecified atom stereocenters. The van der Waals surface area contributed by atoms with Crippen molar-refractivity contribution in [1.82, 2.24) is 20.2 Å². The zero-order chi connectivity index (χ0) is 16.2. The lowest BCUT2D eigenvalue weighted by Crippen LogP contribution is -2.10. The first-order chi connectivity index (χ1) is 11.1. The van der Waals surface area contributed by atoms with Crippen molar-refractivity contribution in [2.75, 3.05) is 0 Å². The molecule has 23 heavy (non-hydrogen) atoms. The molecule has 6 nitrogen and oxygen atoms in total. The molecule has 7 heteroatoms. The van der Waals surface area contributed by atoms with Crippen LogP contribution >= 0.6 is 0 Å². The molecule has 3 rings (SSSR count). The van der Waals surface area contributed by atoms with E-state index in [1.54, 1.807) is 24.3 Å². The van der Waals surface area contributed by atoms with Crippen molar-refractivity contribution in [3.63, 3.8) is 0 Å². The maximum Gasteiger partial charge on any atom is 0.207 e. The summed E-state index contributed by atoms with van der Waals surface area (Å²) in [6, 6.07) is 9.56. The zero-order valence-electron chi connectivity index (χ0n) is 12.0. The molecule has 1 aromatic carbocycles. The van der Waals surface area contributed by atoms with Gasteiger partial charge in [0.25, 0.3) is 0 Å². The van der Waals surface area contributed by atoms with Gasteiger partial charge < -0.3 is 4.98 Å². The number of rotatable bonds is 6. The fourth-order valence-corrected chi connectivity index (χ4v) is 2.19. The lowest BCUT2D eigenvalue weighted by Gasteiger charge is -2.00. The van der Waals surface area contributed by atoms with Gasteiger partial charge >= 0.3 is 0 Å². The Hall–Kier alpha value is -3.09. The van der Waals surface area contributed by atoms with E-state index in [0.717, 1.165) is 11.3 Å². The smallest absolute Gasteiger partial charge is 0.207 e. The number of H-pyrrole nitrogens is 2. The summed E-state index contributed by atoms with van der Waals surface area (Å²) in [4.78, 5) is 30.6.